The third kappa shape index (κ3) is 0.568. The summed E-state index contributed by atoms with van der Waals surface area (Å²) >= 11 is 0. The molecule has 3 fully saturated rings. The fourth-order valence-corrected chi connectivity index (χ4v) is 2.01. The van der Waals surface area contributed by atoms with Crippen molar-refractivity contribution in [3.8, 4) is 0 Å². The molecule has 3 saturated carbocycles. The van der Waals surface area contributed by atoms with Crippen molar-refractivity contribution in [3.05, 3.63) is 0 Å². The van der Waals surface area contributed by atoms with Crippen LogP contribution in [0.3, 0.4) is 0 Å². The quantitative estimate of drug-likeness (QED) is 0.541. The zero-order chi connectivity index (χ0) is 7.19. The van der Waals surface area contributed by atoms with E-state index in [0.717, 1.165) is 25.2 Å². The smallest absolute Gasteiger partial charge is 0.312 e. The molecule has 0 heterocycles. The van der Waals surface area contributed by atoms with Crippen molar-refractivity contribution in [1.29, 1.82) is 0 Å². The summed E-state index contributed by atoms with van der Waals surface area (Å²) in [5, 5.41) is 0. The largest absolute Gasteiger partial charge is 0.466 e. The van der Waals surface area contributed by atoms with E-state index in [4.69, 9.17) is 4.74 Å². The van der Waals surface area contributed by atoms with Crippen LogP contribution in [-0.2, 0) is 9.53 Å². The van der Waals surface area contributed by atoms with Gasteiger partial charge in [0.15, 0.2) is 0 Å². The lowest BCUT2D eigenvalue weighted by Gasteiger charge is -2.59. The molecule has 0 atom stereocenters. The van der Waals surface area contributed by atoms with E-state index in [2.05, 4.69) is 0 Å². The molecule has 0 N–H and O–H groups in total. The summed E-state index contributed by atoms with van der Waals surface area (Å²) in [6.07, 6.45) is 3.31. The highest BCUT2D eigenvalue weighted by Crippen LogP contribution is 2.64. The summed E-state index contributed by atoms with van der Waals surface area (Å²) in [6.45, 7) is 2.40. The van der Waals surface area contributed by atoms with Crippen LogP contribution in [0.5, 0.6) is 0 Å². The maximum absolute atomic E-state index is 11.2. The fourth-order valence-electron chi connectivity index (χ4n) is 2.01. The molecule has 0 unspecified atom stereocenters. The van der Waals surface area contributed by atoms with Crippen molar-refractivity contribution < 1.29 is 9.53 Å². The Morgan fingerprint density at radius 2 is 2.20 bits per heavy atom. The molecule has 56 valence electrons. The second kappa shape index (κ2) is 1.74. The maximum atomic E-state index is 11.2. The van der Waals surface area contributed by atoms with Gasteiger partial charge < -0.3 is 4.74 Å². The molecule has 0 saturated heterocycles. The number of rotatable bonds is 2. The fraction of sp³-hybridized carbons (Fsp3) is 0.875. The monoisotopic (exact) mass is 140 g/mol. The molecule has 0 spiro atoms. The molecule has 0 aromatic carbocycles. The van der Waals surface area contributed by atoms with Gasteiger partial charge in [0, 0.05) is 0 Å². The molecule has 0 aromatic rings. The Morgan fingerprint density at radius 1 is 1.60 bits per heavy atom. The standard InChI is InChI=1S/C8H12O2/c1-2-10-7(9)8-3-6(4-8)5-8/h6H,2-5H2,1H3. The van der Waals surface area contributed by atoms with E-state index in [9.17, 15) is 4.79 Å². The van der Waals surface area contributed by atoms with E-state index in [0.29, 0.717) is 6.61 Å². The van der Waals surface area contributed by atoms with Crippen LogP contribution in [-0.4, -0.2) is 12.6 Å². The van der Waals surface area contributed by atoms with Crippen LogP contribution in [0, 0.1) is 11.3 Å². The summed E-state index contributed by atoms with van der Waals surface area (Å²) in [4.78, 5) is 11.2. The number of hydrogen-bond donors (Lipinski definition) is 0. The normalized spacial score (nSPS) is 41.5. The van der Waals surface area contributed by atoms with E-state index in [1.807, 2.05) is 6.92 Å². The Bertz CT molecular complexity index is 157. The van der Waals surface area contributed by atoms with Crippen LogP contribution in [0.2, 0.25) is 0 Å². The minimum absolute atomic E-state index is 0.0146. The van der Waals surface area contributed by atoms with Crippen molar-refractivity contribution in [2.75, 3.05) is 6.61 Å². The molecule has 3 aliphatic carbocycles. The van der Waals surface area contributed by atoms with Crippen LogP contribution in [0.1, 0.15) is 26.2 Å². The van der Waals surface area contributed by atoms with Crippen molar-refractivity contribution in [2.45, 2.75) is 26.2 Å². The highest BCUT2D eigenvalue weighted by molar-refractivity contribution is 5.80. The van der Waals surface area contributed by atoms with Crippen molar-refractivity contribution in [3.63, 3.8) is 0 Å². The number of carbonyl (C=O) groups is 1. The molecule has 10 heavy (non-hydrogen) atoms. The number of carbonyl (C=O) groups excluding carboxylic acids is 1. The van der Waals surface area contributed by atoms with Crippen molar-refractivity contribution in [1.82, 2.24) is 0 Å². The first-order valence-electron chi connectivity index (χ1n) is 3.94. The van der Waals surface area contributed by atoms with E-state index >= 15 is 0 Å². The minimum atomic E-state index is 0.0146. The van der Waals surface area contributed by atoms with E-state index in [1.54, 1.807) is 0 Å². The van der Waals surface area contributed by atoms with Gasteiger partial charge in [-0.15, -0.1) is 0 Å². The SMILES string of the molecule is CCOC(=O)C12CC(C1)C2. The molecule has 3 aliphatic rings. The molecule has 2 nitrogen and oxygen atoms in total. The second-order valence-corrected chi connectivity index (χ2v) is 3.48. The van der Waals surface area contributed by atoms with Gasteiger partial charge in [0.25, 0.3) is 0 Å². The van der Waals surface area contributed by atoms with Gasteiger partial charge in [-0.1, -0.05) is 0 Å². The molecule has 2 bridgehead atoms. The van der Waals surface area contributed by atoms with Crippen LogP contribution < -0.4 is 0 Å². The van der Waals surface area contributed by atoms with E-state index in [1.165, 1.54) is 0 Å². The van der Waals surface area contributed by atoms with Gasteiger partial charge in [-0.05, 0) is 32.1 Å². The Balaban J connectivity index is 1.92. The topological polar surface area (TPSA) is 26.3 Å². The first-order valence-corrected chi connectivity index (χ1v) is 3.94. The number of hydrogen-bond acceptors (Lipinski definition) is 2. The van der Waals surface area contributed by atoms with Crippen LogP contribution in [0.15, 0.2) is 0 Å². The maximum Gasteiger partial charge on any atom is 0.312 e. The molecule has 2 heteroatoms. The third-order valence-electron chi connectivity index (χ3n) is 2.75. The van der Waals surface area contributed by atoms with Crippen LogP contribution >= 0.6 is 0 Å². The van der Waals surface area contributed by atoms with E-state index < -0.39 is 0 Å². The predicted molar refractivity (Wildman–Crippen MR) is 36.4 cm³/mol. The first-order chi connectivity index (χ1) is 4.77. The summed E-state index contributed by atoms with van der Waals surface area (Å²) < 4.78 is 4.95. The molecule has 0 amide bonds. The van der Waals surface area contributed by atoms with E-state index in [-0.39, 0.29) is 11.4 Å². The van der Waals surface area contributed by atoms with Gasteiger partial charge in [0.05, 0.1) is 12.0 Å². The lowest BCUT2D eigenvalue weighted by Crippen LogP contribution is -2.57. The molecular formula is C8H12O2. The average Bonchev–Trinajstić information content (AvgIpc) is 1.56. The zero-order valence-corrected chi connectivity index (χ0v) is 6.22. The highest BCUT2D eigenvalue weighted by Gasteiger charge is 2.62. The highest BCUT2D eigenvalue weighted by atomic mass is 16.5. The van der Waals surface area contributed by atoms with Gasteiger partial charge in [-0.25, -0.2) is 0 Å². The van der Waals surface area contributed by atoms with Gasteiger partial charge in [0.2, 0.25) is 0 Å². The van der Waals surface area contributed by atoms with Gasteiger partial charge in [-0.2, -0.15) is 0 Å². The van der Waals surface area contributed by atoms with Crippen LogP contribution in [0.25, 0.3) is 0 Å². The molecule has 3 rings (SSSR count). The molecule has 0 radical (unpaired) electrons. The Labute approximate surface area is 60.6 Å². The van der Waals surface area contributed by atoms with Gasteiger partial charge in [0.1, 0.15) is 0 Å². The van der Waals surface area contributed by atoms with Gasteiger partial charge in [-0.3, -0.25) is 4.79 Å². The Hall–Kier alpha value is -0.530. The number of ether oxygens (including phenoxy) is 1. The average molecular weight is 140 g/mol. The Kier molecular flexibility index (Phi) is 1.08. The minimum Gasteiger partial charge on any atom is -0.466 e. The summed E-state index contributed by atoms with van der Waals surface area (Å²) in [6, 6.07) is 0. The molecule has 0 aliphatic heterocycles. The second-order valence-electron chi connectivity index (χ2n) is 3.48. The Morgan fingerprint density at radius 3 is 2.50 bits per heavy atom. The van der Waals surface area contributed by atoms with Crippen molar-refractivity contribution in [2.24, 2.45) is 11.3 Å². The summed E-state index contributed by atoms with van der Waals surface area (Å²) in [7, 11) is 0. The summed E-state index contributed by atoms with van der Waals surface area (Å²) in [5.41, 5.74) is 0.0146. The first kappa shape index (κ1) is 6.20. The predicted octanol–water partition coefficient (Wildman–Crippen LogP) is 1.35. The third-order valence-corrected chi connectivity index (χ3v) is 2.75. The summed E-state index contributed by atoms with van der Waals surface area (Å²) in [5.74, 6) is 0.918. The van der Waals surface area contributed by atoms with Crippen LogP contribution in [0.4, 0.5) is 0 Å². The lowest BCUT2D eigenvalue weighted by molar-refractivity contribution is -0.190. The lowest BCUT2D eigenvalue weighted by atomic mass is 9.44. The molecule has 0 aromatic heterocycles. The van der Waals surface area contributed by atoms with Crippen molar-refractivity contribution >= 4 is 5.97 Å². The molecular weight excluding hydrogens is 128 g/mol. The zero-order valence-electron chi connectivity index (χ0n) is 6.22. The van der Waals surface area contributed by atoms with Gasteiger partial charge >= 0.3 is 5.97 Å². The number of esters is 1.